The second-order valence-electron chi connectivity index (χ2n) is 7.05. The highest BCUT2D eigenvalue weighted by molar-refractivity contribution is 6.05. The number of carbonyl (C=O) groups is 1. The van der Waals surface area contributed by atoms with Crippen LogP contribution >= 0.6 is 0 Å². The van der Waals surface area contributed by atoms with Crippen LogP contribution in [0.5, 0.6) is 0 Å². The lowest BCUT2D eigenvalue weighted by atomic mass is 9.78. The van der Waals surface area contributed by atoms with Crippen molar-refractivity contribution in [2.24, 2.45) is 5.92 Å². The normalized spacial score (nSPS) is 20.2. The van der Waals surface area contributed by atoms with Gasteiger partial charge in [-0.05, 0) is 73.4 Å². The minimum absolute atomic E-state index is 0.155. The summed E-state index contributed by atoms with van der Waals surface area (Å²) < 4.78 is 0. The summed E-state index contributed by atoms with van der Waals surface area (Å²) in [6, 6.07) is 13.1. The van der Waals surface area contributed by atoms with Gasteiger partial charge in [-0.25, -0.2) is 0 Å². The Kier molecular flexibility index (Phi) is 5.27. The van der Waals surface area contributed by atoms with Gasteiger partial charge < -0.3 is 16.8 Å². The van der Waals surface area contributed by atoms with Crippen LogP contribution in [-0.2, 0) is 0 Å². The van der Waals surface area contributed by atoms with E-state index >= 15 is 0 Å². The molecule has 1 aliphatic carbocycles. The van der Waals surface area contributed by atoms with Gasteiger partial charge in [0.2, 0.25) is 0 Å². The van der Waals surface area contributed by atoms with Crippen molar-refractivity contribution >= 4 is 23.0 Å². The smallest absolute Gasteiger partial charge is 0.255 e. The standard InChI is InChI=1S/C21H27N3O/c1-2-14-3-5-15(6-4-14)16-7-9-17(10-8-16)21(25)24-20-12-11-18(22)13-19(20)23/h7-15H,2-6,22-23H2,1H3,(H,24,25). The Labute approximate surface area is 149 Å². The topological polar surface area (TPSA) is 81.1 Å². The van der Waals surface area contributed by atoms with Gasteiger partial charge in [-0.1, -0.05) is 25.5 Å². The second kappa shape index (κ2) is 7.60. The molecule has 4 nitrogen and oxygen atoms in total. The third-order valence-corrected chi connectivity index (χ3v) is 5.39. The van der Waals surface area contributed by atoms with Crippen LogP contribution in [0, 0.1) is 5.92 Å². The maximum absolute atomic E-state index is 12.4. The minimum atomic E-state index is -0.155. The fourth-order valence-electron chi connectivity index (χ4n) is 3.70. The Hall–Kier alpha value is -2.49. The molecule has 1 amide bonds. The van der Waals surface area contributed by atoms with Gasteiger partial charge in [0.05, 0.1) is 11.4 Å². The third kappa shape index (κ3) is 4.13. The van der Waals surface area contributed by atoms with E-state index in [1.807, 2.05) is 12.1 Å². The van der Waals surface area contributed by atoms with E-state index in [0.29, 0.717) is 28.5 Å². The number of nitrogens with two attached hydrogens (primary N) is 2. The van der Waals surface area contributed by atoms with E-state index in [2.05, 4.69) is 24.4 Å². The van der Waals surface area contributed by atoms with Crippen molar-refractivity contribution < 1.29 is 4.79 Å². The van der Waals surface area contributed by atoms with Crippen LogP contribution in [0.15, 0.2) is 42.5 Å². The van der Waals surface area contributed by atoms with E-state index in [1.54, 1.807) is 18.2 Å². The molecule has 2 aromatic carbocycles. The first-order chi connectivity index (χ1) is 12.1. The largest absolute Gasteiger partial charge is 0.399 e. The van der Waals surface area contributed by atoms with Crippen molar-refractivity contribution in [1.82, 2.24) is 0 Å². The van der Waals surface area contributed by atoms with Crippen LogP contribution in [-0.4, -0.2) is 5.91 Å². The highest BCUT2D eigenvalue weighted by atomic mass is 16.1. The zero-order chi connectivity index (χ0) is 17.8. The second-order valence-corrected chi connectivity index (χ2v) is 7.05. The predicted octanol–water partition coefficient (Wildman–Crippen LogP) is 4.79. The lowest BCUT2D eigenvalue weighted by Gasteiger charge is -2.28. The van der Waals surface area contributed by atoms with Gasteiger partial charge in [0.1, 0.15) is 0 Å². The van der Waals surface area contributed by atoms with Crippen molar-refractivity contribution in [3.8, 4) is 0 Å². The number of nitrogen functional groups attached to an aromatic ring is 2. The van der Waals surface area contributed by atoms with E-state index in [-0.39, 0.29) is 5.91 Å². The van der Waals surface area contributed by atoms with Crippen LogP contribution in [0.1, 0.15) is 60.9 Å². The maximum atomic E-state index is 12.4. The monoisotopic (exact) mass is 337 g/mol. The number of nitrogens with one attached hydrogen (secondary N) is 1. The lowest BCUT2D eigenvalue weighted by molar-refractivity contribution is 0.102. The van der Waals surface area contributed by atoms with Crippen LogP contribution in [0.3, 0.4) is 0 Å². The fraction of sp³-hybridized carbons (Fsp3) is 0.381. The van der Waals surface area contributed by atoms with Crippen molar-refractivity contribution in [1.29, 1.82) is 0 Å². The summed E-state index contributed by atoms with van der Waals surface area (Å²) >= 11 is 0. The quantitative estimate of drug-likeness (QED) is 0.702. The van der Waals surface area contributed by atoms with Gasteiger partial charge in [-0.2, -0.15) is 0 Å². The zero-order valence-electron chi connectivity index (χ0n) is 14.8. The third-order valence-electron chi connectivity index (χ3n) is 5.39. The van der Waals surface area contributed by atoms with Gasteiger partial charge >= 0.3 is 0 Å². The number of anilines is 3. The minimum Gasteiger partial charge on any atom is -0.399 e. The summed E-state index contributed by atoms with van der Waals surface area (Å²) in [6.07, 6.45) is 6.44. The SMILES string of the molecule is CCC1CCC(c2ccc(C(=O)Nc3ccc(N)cc3N)cc2)CC1. The summed E-state index contributed by atoms with van der Waals surface area (Å²) in [5.74, 6) is 1.37. The molecule has 0 saturated heterocycles. The highest BCUT2D eigenvalue weighted by Crippen LogP contribution is 2.36. The molecule has 2 aromatic rings. The number of amides is 1. The molecular formula is C21H27N3O. The Morgan fingerprint density at radius 3 is 2.32 bits per heavy atom. The first-order valence-electron chi connectivity index (χ1n) is 9.13. The summed E-state index contributed by atoms with van der Waals surface area (Å²) in [6.45, 7) is 2.28. The average molecular weight is 337 g/mol. The summed E-state index contributed by atoms with van der Waals surface area (Å²) in [4.78, 5) is 12.4. The number of hydrogen-bond donors (Lipinski definition) is 3. The van der Waals surface area contributed by atoms with E-state index in [9.17, 15) is 4.79 Å². The molecule has 1 fully saturated rings. The Morgan fingerprint density at radius 1 is 1.04 bits per heavy atom. The van der Waals surface area contributed by atoms with Gasteiger partial charge in [0, 0.05) is 11.3 Å². The van der Waals surface area contributed by atoms with E-state index < -0.39 is 0 Å². The molecule has 0 radical (unpaired) electrons. The molecule has 0 bridgehead atoms. The van der Waals surface area contributed by atoms with Gasteiger partial charge in [0.25, 0.3) is 5.91 Å². The van der Waals surface area contributed by atoms with Crippen molar-refractivity contribution in [3.63, 3.8) is 0 Å². The first-order valence-corrected chi connectivity index (χ1v) is 9.13. The molecule has 4 heteroatoms. The molecular weight excluding hydrogens is 310 g/mol. The molecule has 0 unspecified atom stereocenters. The molecule has 0 aromatic heterocycles. The van der Waals surface area contributed by atoms with Crippen LogP contribution in [0.4, 0.5) is 17.1 Å². The highest BCUT2D eigenvalue weighted by Gasteiger charge is 2.21. The van der Waals surface area contributed by atoms with Crippen LogP contribution in [0.2, 0.25) is 0 Å². The molecule has 1 aliphatic rings. The average Bonchev–Trinajstić information content (AvgIpc) is 2.64. The Bertz CT molecular complexity index is 731. The van der Waals surface area contributed by atoms with Crippen molar-refractivity contribution in [2.45, 2.75) is 44.9 Å². The molecule has 0 aliphatic heterocycles. The van der Waals surface area contributed by atoms with Gasteiger partial charge in [-0.15, -0.1) is 0 Å². The first kappa shape index (κ1) is 17.3. The molecule has 0 heterocycles. The number of carbonyl (C=O) groups excluding carboxylic acids is 1. The summed E-state index contributed by atoms with van der Waals surface area (Å²) in [7, 11) is 0. The van der Waals surface area contributed by atoms with Gasteiger partial charge in [0.15, 0.2) is 0 Å². The van der Waals surface area contributed by atoms with Crippen LogP contribution in [0.25, 0.3) is 0 Å². The number of benzene rings is 2. The molecule has 0 spiro atoms. The maximum Gasteiger partial charge on any atom is 0.255 e. The van der Waals surface area contributed by atoms with Crippen molar-refractivity contribution in [2.75, 3.05) is 16.8 Å². The molecule has 25 heavy (non-hydrogen) atoms. The summed E-state index contributed by atoms with van der Waals surface area (Å²) in [5, 5.41) is 2.85. The number of rotatable bonds is 4. The fourth-order valence-corrected chi connectivity index (χ4v) is 3.70. The van der Waals surface area contributed by atoms with E-state index in [0.717, 1.165) is 5.92 Å². The van der Waals surface area contributed by atoms with Crippen LogP contribution < -0.4 is 16.8 Å². The molecule has 1 saturated carbocycles. The molecule has 5 N–H and O–H groups in total. The Balaban J connectivity index is 1.64. The van der Waals surface area contributed by atoms with Crippen molar-refractivity contribution in [3.05, 3.63) is 53.6 Å². The molecule has 3 rings (SSSR count). The lowest BCUT2D eigenvalue weighted by Crippen LogP contribution is -2.14. The number of hydrogen-bond acceptors (Lipinski definition) is 3. The van der Waals surface area contributed by atoms with Gasteiger partial charge in [-0.3, -0.25) is 4.79 Å². The summed E-state index contributed by atoms with van der Waals surface area (Å²) in [5.41, 5.74) is 15.2. The zero-order valence-corrected chi connectivity index (χ0v) is 14.8. The predicted molar refractivity (Wildman–Crippen MR) is 105 cm³/mol. The molecule has 132 valence electrons. The van der Waals surface area contributed by atoms with E-state index in [4.69, 9.17) is 11.5 Å². The van der Waals surface area contributed by atoms with E-state index in [1.165, 1.54) is 37.7 Å². The Morgan fingerprint density at radius 2 is 1.72 bits per heavy atom. The molecule has 0 atom stereocenters.